The van der Waals surface area contributed by atoms with E-state index < -0.39 is 64.4 Å². The predicted molar refractivity (Wildman–Crippen MR) is 210 cm³/mol. The van der Waals surface area contributed by atoms with Crippen molar-refractivity contribution in [2.75, 3.05) is 5.73 Å². The lowest BCUT2D eigenvalue weighted by Gasteiger charge is -2.07. The molecule has 4 aromatic rings. The van der Waals surface area contributed by atoms with E-state index in [1.54, 1.807) is 18.2 Å². The molecule has 0 unspecified atom stereocenters. The van der Waals surface area contributed by atoms with E-state index >= 15 is 0 Å². The van der Waals surface area contributed by atoms with Gasteiger partial charge in [0.15, 0.2) is 5.75 Å². The zero-order valence-corrected chi connectivity index (χ0v) is 30.8. The van der Waals surface area contributed by atoms with Gasteiger partial charge in [-0.3, -0.25) is 29.3 Å². The lowest BCUT2D eigenvalue weighted by Crippen LogP contribution is -2.32. The fourth-order valence-electron chi connectivity index (χ4n) is 4.39. The number of azide groups is 1. The third-order valence-corrected chi connectivity index (χ3v) is 7.55. The van der Waals surface area contributed by atoms with Crippen molar-refractivity contribution in [3.63, 3.8) is 0 Å². The van der Waals surface area contributed by atoms with Crippen LogP contribution >= 0.6 is 0 Å². The van der Waals surface area contributed by atoms with E-state index in [0.717, 1.165) is 17.7 Å². The molecular formula is C36H43N9O14. The number of hydrogen-bond donors (Lipinski definition) is 13. The second kappa shape index (κ2) is 24.1. The molecule has 0 saturated carbocycles. The van der Waals surface area contributed by atoms with Crippen LogP contribution in [0.4, 0.5) is 17.1 Å². The van der Waals surface area contributed by atoms with Gasteiger partial charge in [0, 0.05) is 11.0 Å². The first-order valence-corrected chi connectivity index (χ1v) is 16.7. The number of nitro benzene ring substituents is 1. The highest BCUT2D eigenvalue weighted by atomic mass is 16.6. The van der Waals surface area contributed by atoms with E-state index in [9.17, 15) is 34.4 Å². The molecule has 4 aromatic carbocycles. The summed E-state index contributed by atoms with van der Waals surface area (Å²) in [6.07, 6.45) is 0.537. The third kappa shape index (κ3) is 18.2. The Hall–Kier alpha value is -7.69. The predicted octanol–water partition coefficient (Wildman–Crippen LogP) is 1.82. The molecule has 4 rings (SSSR count). The van der Waals surface area contributed by atoms with E-state index in [-0.39, 0.29) is 54.3 Å². The van der Waals surface area contributed by atoms with Crippen LogP contribution in [0.3, 0.4) is 0 Å². The van der Waals surface area contributed by atoms with Gasteiger partial charge in [-0.2, -0.15) is 0 Å². The molecule has 0 bridgehead atoms. The number of nitrogen functional groups attached to an aromatic ring is 1. The Morgan fingerprint density at radius 3 is 1.34 bits per heavy atom. The molecule has 59 heavy (non-hydrogen) atoms. The van der Waals surface area contributed by atoms with Crippen LogP contribution in [-0.4, -0.2) is 93.8 Å². The molecule has 0 radical (unpaired) electrons. The molecule has 0 heterocycles. The minimum Gasteiger partial charge on any atom is -0.508 e. The van der Waals surface area contributed by atoms with Gasteiger partial charge in [0.1, 0.15) is 41.4 Å². The Kier molecular flexibility index (Phi) is 20.1. The number of phenolic OH excluding ortho intramolecular Hbond substituents is 4. The van der Waals surface area contributed by atoms with Crippen LogP contribution in [0.2, 0.25) is 0 Å². The summed E-state index contributed by atoms with van der Waals surface area (Å²) in [6, 6.07) is 14.7. The molecule has 0 amide bonds. The lowest BCUT2D eigenvalue weighted by molar-refractivity contribution is -0.385. The quantitative estimate of drug-likeness (QED) is 0.0164. The Balaban J connectivity index is 0.000000395. The number of aromatic hydroxyl groups is 4. The highest BCUT2D eigenvalue weighted by molar-refractivity contribution is 5.75. The molecule has 0 aliphatic carbocycles. The van der Waals surface area contributed by atoms with Gasteiger partial charge in [-0.05, 0) is 95.9 Å². The average molecular weight is 826 g/mol. The van der Waals surface area contributed by atoms with Crippen molar-refractivity contribution in [2.45, 2.75) is 49.9 Å². The Bertz CT molecular complexity index is 2060. The van der Waals surface area contributed by atoms with Crippen LogP contribution in [0, 0.1) is 10.1 Å². The number of carbonyl (C=O) groups is 4. The largest absolute Gasteiger partial charge is 0.508 e. The average Bonchev–Trinajstić information content (AvgIpc) is 3.16. The molecule has 0 spiro atoms. The van der Waals surface area contributed by atoms with Gasteiger partial charge in [0.05, 0.1) is 16.3 Å². The van der Waals surface area contributed by atoms with Crippen LogP contribution in [0.15, 0.2) is 84.0 Å². The molecule has 0 fully saturated rings. The number of phenols is 4. The van der Waals surface area contributed by atoms with Crippen molar-refractivity contribution in [1.29, 1.82) is 0 Å². The third-order valence-electron chi connectivity index (χ3n) is 7.55. The van der Waals surface area contributed by atoms with Crippen LogP contribution in [0.5, 0.6) is 23.0 Å². The monoisotopic (exact) mass is 825 g/mol. The van der Waals surface area contributed by atoms with Crippen molar-refractivity contribution in [3.8, 4) is 23.0 Å². The Labute approximate surface area is 333 Å². The number of nitrogens with two attached hydrogens (primary N) is 5. The van der Waals surface area contributed by atoms with Gasteiger partial charge in [-0.1, -0.05) is 35.4 Å². The maximum atomic E-state index is 10.5. The normalized spacial score (nSPS) is 12.1. The molecule has 18 N–H and O–H groups in total. The van der Waals surface area contributed by atoms with Gasteiger partial charge in [0.2, 0.25) is 0 Å². The highest BCUT2D eigenvalue weighted by Gasteiger charge is 2.18. The number of carboxylic acids is 4. The summed E-state index contributed by atoms with van der Waals surface area (Å²) in [5, 5.41) is 84.5. The Morgan fingerprint density at radius 2 is 0.949 bits per heavy atom. The molecule has 23 nitrogen and oxygen atoms in total. The van der Waals surface area contributed by atoms with Crippen molar-refractivity contribution < 1.29 is 65.0 Å². The van der Waals surface area contributed by atoms with E-state index in [4.69, 9.17) is 69.9 Å². The molecule has 23 heteroatoms. The van der Waals surface area contributed by atoms with Crippen LogP contribution in [-0.2, 0) is 44.9 Å². The van der Waals surface area contributed by atoms with E-state index in [1.165, 1.54) is 48.5 Å². The smallest absolute Gasteiger partial charge is 0.320 e. The maximum absolute atomic E-state index is 10.5. The zero-order valence-electron chi connectivity index (χ0n) is 30.8. The van der Waals surface area contributed by atoms with Crippen LogP contribution in [0.25, 0.3) is 10.4 Å². The number of benzene rings is 4. The molecule has 0 aromatic heterocycles. The second-order valence-corrected chi connectivity index (χ2v) is 12.2. The van der Waals surface area contributed by atoms with E-state index in [0.29, 0.717) is 16.7 Å². The summed E-state index contributed by atoms with van der Waals surface area (Å²) >= 11 is 0. The lowest BCUT2D eigenvalue weighted by atomic mass is 10.1. The van der Waals surface area contributed by atoms with Crippen molar-refractivity contribution in [3.05, 3.63) is 122 Å². The molecule has 0 saturated heterocycles. The van der Waals surface area contributed by atoms with E-state index in [2.05, 4.69) is 10.0 Å². The van der Waals surface area contributed by atoms with E-state index in [1.807, 2.05) is 0 Å². The number of nitro groups is 1. The summed E-state index contributed by atoms with van der Waals surface area (Å²) in [7, 11) is 0. The zero-order chi connectivity index (χ0) is 45.0. The number of aliphatic carboxylic acids is 4. The number of hydrogen-bond acceptors (Lipinski definition) is 16. The number of anilines is 1. The number of carboxylic acid groups (broad SMARTS) is 4. The second-order valence-electron chi connectivity index (χ2n) is 12.2. The molecule has 316 valence electrons. The standard InChI is InChI=1S/C9H10N4O3.C9H10N2O5.C9H12N2O3.C9H11NO3/c10-6(9(15)16)3-5-1-2-8(14)7(4-5)12-13-11;10-6(9(13)14)3-5-1-2-8(12)7(4-5)11(15)16;10-6-3-5(1-2-8(6)12)4-7(11)9(13)14;10-8(9(12)13)5-6-1-3-7(11)4-2-6/h1-2,4,6,14H,3,10H2,(H,15,16);1-2,4,6,12H,3,10H2,(H,13,14);1-3,7,12H,4,10-11H2,(H,13,14);1-4,8,11H,5,10H2,(H,12,13)/t2*6-;7-;8-/m0000/s1. The summed E-state index contributed by atoms with van der Waals surface area (Å²) in [4.78, 5) is 54.1. The van der Waals surface area contributed by atoms with Gasteiger partial charge in [0.25, 0.3) is 0 Å². The van der Waals surface area contributed by atoms with Gasteiger partial charge < -0.3 is 69.5 Å². The van der Waals surface area contributed by atoms with Gasteiger partial charge in [-0.25, -0.2) is 0 Å². The summed E-state index contributed by atoms with van der Waals surface area (Å²) in [5.41, 5.74) is 37.2. The van der Waals surface area contributed by atoms with Crippen LogP contribution < -0.4 is 28.7 Å². The fraction of sp³-hybridized carbons (Fsp3) is 0.222. The summed E-state index contributed by atoms with van der Waals surface area (Å²) in [5.74, 6) is -4.85. The summed E-state index contributed by atoms with van der Waals surface area (Å²) in [6.45, 7) is 0. The topological polar surface area (TPSA) is 452 Å². The van der Waals surface area contributed by atoms with Gasteiger partial charge >= 0.3 is 29.6 Å². The molecule has 4 atom stereocenters. The van der Waals surface area contributed by atoms with Gasteiger partial charge in [-0.15, -0.1) is 0 Å². The first kappa shape index (κ1) is 49.3. The first-order valence-electron chi connectivity index (χ1n) is 16.7. The number of rotatable bonds is 14. The highest BCUT2D eigenvalue weighted by Crippen LogP contribution is 2.28. The maximum Gasteiger partial charge on any atom is 0.320 e. The SMILES string of the molecule is N[C@@H](Cc1ccc(O)c([N+](=O)[O-])c1)C(=O)O.N[C@@H](Cc1ccc(O)cc1)C(=O)O.Nc1cc(C[C@H](N)C(=O)O)ccc1O.[N-]=[N+]=Nc1cc(C[C@H](N)C(=O)O)ccc1O. The number of nitrogens with zero attached hydrogens (tertiary/aromatic N) is 4. The molecular weight excluding hydrogens is 782 g/mol. The molecule has 0 aliphatic rings. The minimum atomic E-state index is -1.18. The van der Waals surface area contributed by atoms with Crippen LogP contribution in [0.1, 0.15) is 22.3 Å². The van der Waals surface area contributed by atoms with Crippen molar-refractivity contribution in [2.24, 2.45) is 28.0 Å². The minimum absolute atomic E-state index is 0.0161. The molecule has 0 aliphatic heterocycles. The Morgan fingerprint density at radius 1 is 0.593 bits per heavy atom. The fourth-order valence-corrected chi connectivity index (χ4v) is 4.39. The summed E-state index contributed by atoms with van der Waals surface area (Å²) < 4.78 is 0. The van der Waals surface area contributed by atoms with Crippen molar-refractivity contribution >= 4 is 40.9 Å². The van der Waals surface area contributed by atoms with Crippen molar-refractivity contribution in [1.82, 2.24) is 0 Å². The first-order chi connectivity index (χ1) is 27.5.